The Labute approximate surface area is 140 Å². The van der Waals surface area contributed by atoms with Crippen LogP contribution in [0.1, 0.15) is 12.8 Å². The van der Waals surface area contributed by atoms with Crippen molar-refractivity contribution in [1.29, 1.82) is 0 Å². The van der Waals surface area contributed by atoms with Crippen molar-refractivity contribution >= 4 is 28.1 Å². The average molecular weight is 367 g/mol. The minimum Gasteiger partial charge on any atom is -0.481 e. The molecule has 0 rings (SSSR count). The predicted octanol–water partition coefficient (Wildman–Crippen LogP) is -0.00640. The second-order valence-corrected chi connectivity index (χ2v) is 6.29. The second kappa shape index (κ2) is 10.6. The number of esters is 1. The highest BCUT2D eigenvalue weighted by atomic mass is 32.2. The SMILES string of the molecule is C=CCOC(=O)N(CC(=O)OC)[C@@H](CCC(=O)O)COS(C)(=O)=O. The molecule has 10 nitrogen and oxygen atoms in total. The minimum atomic E-state index is -3.83. The smallest absolute Gasteiger partial charge is 0.410 e. The molecule has 0 aromatic carbocycles. The molecule has 0 aliphatic heterocycles. The summed E-state index contributed by atoms with van der Waals surface area (Å²) in [6, 6.07) is -1.02. The summed E-state index contributed by atoms with van der Waals surface area (Å²) in [6.45, 7) is 2.16. The number of ether oxygens (including phenoxy) is 2. The standard InChI is InChI=1S/C13H21NO9S/c1-4-7-22-13(18)14(8-12(17)21-2)10(5-6-11(15)16)9-23-24(3,19)20/h4,10H,1,5-9H2,2-3H3,(H,15,16)/t10-/m0/s1. The first-order valence-corrected chi connectivity index (χ1v) is 8.59. The van der Waals surface area contributed by atoms with E-state index in [1.54, 1.807) is 0 Å². The van der Waals surface area contributed by atoms with Crippen LogP contribution >= 0.6 is 0 Å². The summed E-state index contributed by atoms with van der Waals surface area (Å²) in [5, 5.41) is 8.78. The Morgan fingerprint density at radius 1 is 1.33 bits per heavy atom. The van der Waals surface area contributed by atoms with Gasteiger partial charge in [-0.25, -0.2) is 4.79 Å². The van der Waals surface area contributed by atoms with Gasteiger partial charge in [0.1, 0.15) is 13.2 Å². The highest BCUT2D eigenvalue weighted by Gasteiger charge is 2.29. The minimum absolute atomic E-state index is 0.144. The monoisotopic (exact) mass is 367 g/mol. The van der Waals surface area contributed by atoms with Gasteiger partial charge in [-0.05, 0) is 6.42 Å². The van der Waals surface area contributed by atoms with E-state index in [1.165, 1.54) is 6.08 Å². The Morgan fingerprint density at radius 2 is 1.96 bits per heavy atom. The van der Waals surface area contributed by atoms with Gasteiger partial charge in [-0.2, -0.15) is 8.42 Å². The van der Waals surface area contributed by atoms with E-state index >= 15 is 0 Å². The van der Waals surface area contributed by atoms with Crippen LogP contribution in [0.25, 0.3) is 0 Å². The van der Waals surface area contributed by atoms with Crippen LogP contribution in [0.2, 0.25) is 0 Å². The number of carboxylic acids is 1. The number of rotatable bonds is 11. The molecular formula is C13H21NO9S. The van der Waals surface area contributed by atoms with Crippen LogP contribution in [0.15, 0.2) is 12.7 Å². The van der Waals surface area contributed by atoms with E-state index in [2.05, 4.69) is 15.5 Å². The lowest BCUT2D eigenvalue weighted by molar-refractivity contribution is -0.142. The molecule has 1 amide bonds. The number of carboxylic acid groups (broad SMARTS) is 1. The summed E-state index contributed by atoms with van der Waals surface area (Å²) >= 11 is 0. The Bertz CT molecular complexity index is 558. The van der Waals surface area contributed by atoms with Gasteiger partial charge in [0.25, 0.3) is 10.1 Å². The van der Waals surface area contributed by atoms with E-state index in [0.29, 0.717) is 0 Å². The van der Waals surface area contributed by atoms with Crippen molar-refractivity contribution in [1.82, 2.24) is 4.90 Å². The largest absolute Gasteiger partial charge is 0.481 e. The molecule has 138 valence electrons. The van der Waals surface area contributed by atoms with E-state index < -0.39 is 47.3 Å². The molecule has 0 aromatic heterocycles. The third-order valence-electron chi connectivity index (χ3n) is 2.69. The van der Waals surface area contributed by atoms with Crippen molar-refractivity contribution in [2.24, 2.45) is 0 Å². The van der Waals surface area contributed by atoms with Crippen LogP contribution in [0.5, 0.6) is 0 Å². The molecule has 0 spiro atoms. The van der Waals surface area contributed by atoms with Gasteiger partial charge in [-0.15, -0.1) is 0 Å². The number of hydrogen-bond donors (Lipinski definition) is 1. The Balaban J connectivity index is 5.31. The van der Waals surface area contributed by atoms with Crippen molar-refractivity contribution in [2.45, 2.75) is 18.9 Å². The molecule has 24 heavy (non-hydrogen) atoms. The predicted molar refractivity (Wildman–Crippen MR) is 81.7 cm³/mol. The molecule has 0 aromatic rings. The first kappa shape index (κ1) is 21.9. The quantitative estimate of drug-likeness (QED) is 0.304. The average Bonchev–Trinajstić information content (AvgIpc) is 2.49. The molecule has 1 atom stereocenters. The highest BCUT2D eigenvalue weighted by molar-refractivity contribution is 7.85. The summed E-state index contributed by atoms with van der Waals surface area (Å²) in [5.74, 6) is -1.94. The molecule has 0 aliphatic rings. The maximum absolute atomic E-state index is 12.1. The zero-order chi connectivity index (χ0) is 18.8. The fourth-order valence-corrected chi connectivity index (χ4v) is 1.99. The number of methoxy groups -OCH3 is 1. The summed E-state index contributed by atoms with van der Waals surface area (Å²) in [6.07, 6.45) is 0.637. The maximum Gasteiger partial charge on any atom is 0.410 e. The van der Waals surface area contributed by atoms with Crippen LogP contribution in [-0.2, 0) is 33.4 Å². The molecule has 0 saturated heterocycles. The van der Waals surface area contributed by atoms with Gasteiger partial charge in [0.05, 0.1) is 26.0 Å². The van der Waals surface area contributed by atoms with Gasteiger partial charge in [0, 0.05) is 6.42 Å². The molecule has 0 fully saturated rings. The van der Waals surface area contributed by atoms with Crippen LogP contribution < -0.4 is 0 Å². The van der Waals surface area contributed by atoms with E-state index in [9.17, 15) is 22.8 Å². The summed E-state index contributed by atoms with van der Waals surface area (Å²) in [7, 11) is -2.72. The van der Waals surface area contributed by atoms with Crippen LogP contribution in [0.3, 0.4) is 0 Å². The van der Waals surface area contributed by atoms with Gasteiger partial charge in [0.15, 0.2) is 0 Å². The van der Waals surface area contributed by atoms with E-state index in [-0.39, 0.29) is 19.4 Å². The molecule has 0 heterocycles. The van der Waals surface area contributed by atoms with Gasteiger partial charge in [-0.1, -0.05) is 12.7 Å². The third-order valence-corrected chi connectivity index (χ3v) is 3.26. The Kier molecular flexibility index (Phi) is 9.65. The summed E-state index contributed by atoms with van der Waals surface area (Å²) in [4.78, 5) is 35.2. The highest BCUT2D eigenvalue weighted by Crippen LogP contribution is 2.12. The van der Waals surface area contributed by atoms with Crippen molar-refractivity contribution in [3.63, 3.8) is 0 Å². The third kappa shape index (κ3) is 9.79. The lowest BCUT2D eigenvalue weighted by atomic mass is 10.1. The van der Waals surface area contributed by atoms with Gasteiger partial charge in [0.2, 0.25) is 0 Å². The lowest BCUT2D eigenvalue weighted by Gasteiger charge is -2.29. The summed E-state index contributed by atoms with van der Waals surface area (Å²) < 4.78 is 36.2. The van der Waals surface area contributed by atoms with Crippen LogP contribution in [0, 0.1) is 0 Å². The van der Waals surface area contributed by atoms with Crippen LogP contribution in [0.4, 0.5) is 4.79 Å². The molecule has 1 N–H and O–H groups in total. The van der Waals surface area contributed by atoms with Gasteiger partial charge in [-0.3, -0.25) is 18.7 Å². The fraction of sp³-hybridized carbons (Fsp3) is 0.615. The molecule has 0 saturated carbocycles. The molecule has 0 bridgehead atoms. The van der Waals surface area contributed by atoms with Crippen molar-refractivity contribution < 1.29 is 41.6 Å². The molecule has 0 unspecified atom stereocenters. The molecule has 11 heteroatoms. The van der Waals surface area contributed by atoms with Crippen molar-refractivity contribution in [3.05, 3.63) is 12.7 Å². The number of hydrogen-bond acceptors (Lipinski definition) is 8. The number of nitrogens with zero attached hydrogens (tertiary/aromatic N) is 1. The lowest BCUT2D eigenvalue weighted by Crippen LogP contribution is -2.46. The molecular weight excluding hydrogens is 346 g/mol. The molecule has 0 radical (unpaired) electrons. The number of aliphatic carboxylic acids is 1. The van der Waals surface area contributed by atoms with Crippen molar-refractivity contribution in [3.8, 4) is 0 Å². The first-order valence-electron chi connectivity index (χ1n) is 6.78. The topological polar surface area (TPSA) is 137 Å². The zero-order valence-corrected chi connectivity index (χ0v) is 14.3. The van der Waals surface area contributed by atoms with E-state index in [0.717, 1.165) is 18.3 Å². The normalized spacial score (nSPS) is 12.1. The summed E-state index contributed by atoms with van der Waals surface area (Å²) in [5.41, 5.74) is 0. The molecule has 0 aliphatic carbocycles. The van der Waals surface area contributed by atoms with Crippen LogP contribution in [-0.4, -0.2) is 75.6 Å². The maximum atomic E-state index is 12.1. The Morgan fingerprint density at radius 3 is 2.42 bits per heavy atom. The Hall–Kier alpha value is -2.14. The first-order chi connectivity index (χ1) is 11.1. The van der Waals surface area contributed by atoms with Gasteiger partial charge < -0.3 is 14.6 Å². The van der Waals surface area contributed by atoms with E-state index in [4.69, 9.17) is 9.84 Å². The number of carbonyl (C=O) groups excluding carboxylic acids is 2. The zero-order valence-electron chi connectivity index (χ0n) is 13.5. The number of carbonyl (C=O) groups is 3. The number of amides is 1. The van der Waals surface area contributed by atoms with Gasteiger partial charge >= 0.3 is 18.0 Å². The second-order valence-electron chi connectivity index (χ2n) is 4.64. The van der Waals surface area contributed by atoms with Crippen molar-refractivity contribution in [2.75, 3.05) is 33.1 Å². The van der Waals surface area contributed by atoms with E-state index in [1.807, 2.05) is 0 Å². The fourth-order valence-electron chi connectivity index (χ4n) is 1.58.